The molecule has 0 aliphatic heterocycles. The van der Waals surface area contributed by atoms with E-state index in [-0.39, 0.29) is 19.0 Å². The van der Waals surface area contributed by atoms with Crippen molar-refractivity contribution >= 4 is 18.0 Å². The molecule has 9 heteroatoms. The number of hydrogen-bond acceptors (Lipinski definition) is 5. The van der Waals surface area contributed by atoms with Crippen LogP contribution < -0.4 is 0 Å². The molecule has 16 heavy (non-hydrogen) atoms. The van der Waals surface area contributed by atoms with E-state index >= 15 is 0 Å². The minimum atomic E-state index is -4.75. The van der Waals surface area contributed by atoms with Crippen molar-refractivity contribution in [3.8, 4) is 0 Å². The molecule has 0 aliphatic carbocycles. The Labute approximate surface area is 94.9 Å². The first-order valence-corrected chi connectivity index (χ1v) is 7.75. The van der Waals surface area contributed by atoms with Crippen molar-refractivity contribution < 1.29 is 31.5 Å². The van der Waals surface area contributed by atoms with E-state index in [0.29, 0.717) is 6.42 Å². The highest BCUT2D eigenvalue weighted by atomic mass is 32.3. The first-order valence-electron chi connectivity index (χ1n) is 4.62. The van der Waals surface area contributed by atoms with Gasteiger partial charge in [0, 0.05) is 6.16 Å². The maximum Gasteiger partial charge on any atom is 0.325 e. The van der Waals surface area contributed by atoms with Crippen LogP contribution in [0.1, 0.15) is 33.1 Å². The Hall–Kier alpha value is 0.0200. The zero-order valence-corrected chi connectivity index (χ0v) is 10.8. The van der Waals surface area contributed by atoms with Crippen molar-refractivity contribution in [2.24, 2.45) is 0 Å². The highest BCUT2D eigenvalue weighted by molar-refractivity contribution is 7.80. The molecule has 0 rings (SSSR count). The zero-order valence-electron chi connectivity index (χ0n) is 9.12. The number of rotatable bonds is 7. The fraction of sp³-hybridized carbons (Fsp3) is 1.00. The third-order valence-electron chi connectivity index (χ3n) is 1.81. The second kappa shape index (κ2) is 5.57. The minimum absolute atomic E-state index is 0.231. The SMILES string of the molecule is CC(C)(CCCCP(=O)(O)O)OS(=O)(=O)[O-]. The Morgan fingerprint density at radius 2 is 1.81 bits per heavy atom. The second-order valence-electron chi connectivity index (χ2n) is 4.10. The Kier molecular flexibility index (Phi) is 5.58. The number of unbranched alkanes of at least 4 members (excludes halogenated alkanes) is 1. The molecule has 0 aromatic rings. The molecule has 0 bridgehead atoms. The van der Waals surface area contributed by atoms with Crippen molar-refractivity contribution in [1.82, 2.24) is 0 Å². The Morgan fingerprint density at radius 3 is 2.19 bits per heavy atom. The molecule has 98 valence electrons. The van der Waals surface area contributed by atoms with Crippen molar-refractivity contribution in [2.45, 2.75) is 38.7 Å². The van der Waals surface area contributed by atoms with E-state index in [1.165, 1.54) is 13.8 Å². The maximum absolute atomic E-state index is 10.5. The van der Waals surface area contributed by atoms with Gasteiger partial charge in [0.25, 0.3) is 0 Å². The fourth-order valence-electron chi connectivity index (χ4n) is 1.19. The largest absolute Gasteiger partial charge is 0.726 e. The Bertz CT molecular complexity index is 355. The normalized spacial score (nSPS) is 14.1. The fourth-order valence-corrected chi connectivity index (χ4v) is 2.46. The van der Waals surface area contributed by atoms with Gasteiger partial charge in [0.15, 0.2) is 0 Å². The van der Waals surface area contributed by atoms with Crippen LogP contribution in [0, 0.1) is 0 Å². The van der Waals surface area contributed by atoms with Crippen molar-refractivity contribution in [1.29, 1.82) is 0 Å². The van der Waals surface area contributed by atoms with Crippen LogP contribution in [0.15, 0.2) is 0 Å². The van der Waals surface area contributed by atoms with Crippen molar-refractivity contribution in [2.75, 3.05) is 6.16 Å². The lowest BCUT2D eigenvalue weighted by Crippen LogP contribution is -2.27. The molecule has 0 saturated carbocycles. The minimum Gasteiger partial charge on any atom is -0.726 e. The average Bonchev–Trinajstić information content (AvgIpc) is 1.91. The average molecular weight is 275 g/mol. The van der Waals surface area contributed by atoms with Crippen LogP contribution in [-0.2, 0) is 19.1 Å². The maximum atomic E-state index is 10.5. The summed E-state index contributed by atoms with van der Waals surface area (Å²) in [6.45, 7) is 2.86. The van der Waals surface area contributed by atoms with Gasteiger partial charge in [-0.1, -0.05) is 0 Å². The van der Waals surface area contributed by atoms with E-state index in [4.69, 9.17) is 9.79 Å². The lowest BCUT2D eigenvalue weighted by Gasteiger charge is -2.26. The molecular formula is C7H16O7PS-. The molecule has 0 heterocycles. The summed E-state index contributed by atoms with van der Waals surface area (Å²) >= 11 is 0. The summed E-state index contributed by atoms with van der Waals surface area (Å²) in [7, 11) is -8.76. The van der Waals surface area contributed by atoms with Gasteiger partial charge in [-0.2, -0.15) is 0 Å². The molecule has 2 N–H and O–H groups in total. The van der Waals surface area contributed by atoms with E-state index in [0.717, 1.165) is 0 Å². The van der Waals surface area contributed by atoms with Gasteiger partial charge in [0.1, 0.15) is 0 Å². The second-order valence-corrected chi connectivity index (χ2v) is 6.86. The monoisotopic (exact) mass is 275 g/mol. The van der Waals surface area contributed by atoms with Gasteiger partial charge in [0.2, 0.25) is 10.4 Å². The van der Waals surface area contributed by atoms with Gasteiger partial charge < -0.3 is 14.3 Å². The lowest BCUT2D eigenvalue weighted by atomic mass is 10.0. The smallest absolute Gasteiger partial charge is 0.325 e. The summed E-state index contributed by atoms with van der Waals surface area (Å²) in [6.07, 6.45) is 0.589. The summed E-state index contributed by atoms with van der Waals surface area (Å²) in [5.41, 5.74) is -1.14. The topological polar surface area (TPSA) is 124 Å². The van der Waals surface area contributed by atoms with Crippen LogP contribution in [-0.4, -0.2) is 34.5 Å². The molecule has 0 spiro atoms. The number of hydrogen-bond donors (Lipinski definition) is 2. The molecular weight excluding hydrogens is 259 g/mol. The lowest BCUT2D eigenvalue weighted by molar-refractivity contribution is 0.0861. The van der Waals surface area contributed by atoms with E-state index in [2.05, 4.69) is 4.18 Å². The predicted octanol–water partition coefficient (Wildman–Crippen LogP) is 0.590. The Morgan fingerprint density at radius 1 is 1.31 bits per heavy atom. The van der Waals surface area contributed by atoms with Gasteiger partial charge in [-0.15, -0.1) is 0 Å². The molecule has 0 radical (unpaired) electrons. The molecule has 0 aromatic carbocycles. The van der Waals surface area contributed by atoms with Gasteiger partial charge in [0.05, 0.1) is 5.60 Å². The van der Waals surface area contributed by atoms with Gasteiger partial charge in [-0.3, -0.25) is 8.75 Å². The van der Waals surface area contributed by atoms with Crippen molar-refractivity contribution in [3.05, 3.63) is 0 Å². The molecule has 0 aromatic heterocycles. The first-order chi connectivity index (χ1) is 6.91. The Balaban J connectivity index is 3.97. The first kappa shape index (κ1) is 16.0. The zero-order chi connectivity index (χ0) is 13.0. The molecule has 0 saturated heterocycles. The third kappa shape index (κ3) is 10.5. The molecule has 0 fully saturated rings. The molecule has 0 aliphatic rings. The highest BCUT2D eigenvalue weighted by Crippen LogP contribution is 2.36. The third-order valence-corrected chi connectivity index (χ3v) is 3.36. The van der Waals surface area contributed by atoms with Gasteiger partial charge >= 0.3 is 7.60 Å². The predicted molar refractivity (Wildman–Crippen MR) is 55.6 cm³/mol. The summed E-state index contributed by atoms with van der Waals surface area (Å²) in [5, 5.41) is 0. The molecule has 0 atom stereocenters. The van der Waals surface area contributed by atoms with Crippen molar-refractivity contribution in [3.63, 3.8) is 0 Å². The quantitative estimate of drug-likeness (QED) is 0.301. The highest BCUT2D eigenvalue weighted by Gasteiger charge is 2.22. The van der Waals surface area contributed by atoms with Crippen LogP contribution >= 0.6 is 7.60 Å². The molecule has 0 amide bonds. The van der Waals surface area contributed by atoms with Crippen LogP contribution in [0.2, 0.25) is 0 Å². The van der Waals surface area contributed by atoms with E-state index < -0.39 is 23.6 Å². The van der Waals surface area contributed by atoms with Gasteiger partial charge in [-0.25, -0.2) is 8.42 Å². The molecule has 0 unspecified atom stereocenters. The van der Waals surface area contributed by atoms with Crippen LogP contribution in [0.3, 0.4) is 0 Å². The van der Waals surface area contributed by atoms with E-state index in [1.54, 1.807) is 0 Å². The standard InChI is InChI=1S/C7H17O7PS/c1-7(2,14-16(11,12)13)5-3-4-6-15(8,9)10/h3-6H2,1-2H3,(H2,8,9,10)(H,11,12,13)/p-1. The molecule has 7 nitrogen and oxygen atoms in total. The van der Waals surface area contributed by atoms with Gasteiger partial charge in [-0.05, 0) is 33.1 Å². The van der Waals surface area contributed by atoms with E-state index in [9.17, 15) is 17.5 Å². The summed E-state index contributed by atoms with van der Waals surface area (Å²) in [5.74, 6) is 0. The van der Waals surface area contributed by atoms with Crippen LogP contribution in [0.4, 0.5) is 0 Å². The summed E-state index contributed by atoms with van der Waals surface area (Å²) < 4.78 is 45.8. The van der Waals surface area contributed by atoms with Crippen LogP contribution in [0.25, 0.3) is 0 Å². The van der Waals surface area contributed by atoms with E-state index in [1.807, 2.05) is 0 Å². The summed E-state index contributed by atoms with van der Waals surface area (Å²) in [6, 6.07) is 0. The summed E-state index contributed by atoms with van der Waals surface area (Å²) in [4.78, 5) is 17.1. The van der Waals surface area contributed by atoms with Crippen LogP contribution in [0.5, 0.6) is 0 Å².